The maximum atomic E-state index is 12.9. The van der Waals surface area contributed by atoms with Crippen LogP contribution in [0.5, 0.6) is 5.75 Å². The van der Waals surface area contributed by atoms with Crippen LogP contribution in [0, 0.1) is 0 Å². The smallest absolute Gasteiger partial charge is 0.264 e. The highest BCUT2D eigenvalue weighted by Crippen LogP contribution is 2.26. The molecular formula is C19H19BrN2O3. The number of carbonyl (C=O) groups is 2. The Bertz CT molecular complexity index is 749. The van der Waals surface area contributed by atoms with Crippen molar-refractivity contribution in [2.75, 3.05) is 13.1 Å². The first kappa shape index (κ1) is 17.5. The number of nitrogens with one attached hydrogen (secondary N) is 1. The summed E-state index contributed by atoms with van der Waals surface area (Å²) in [7, 11) is 0. The standard InChI is InChI=1S/C19H19BrN2O3/c1-13(25-16-5-3-2-4-6-16)19(24)22-12-11-21-18(23)17(22)14-7-9-15(20)10-8-14/h2-10,13,17H,11-12H2,1H3,(H,21,23)/t13-,17+/m1/s1. The fourth-order valence-corrected chi connectivity index (χ4v) is 3.13. The van der Waals surface area contributed by atoms with Crippen LogP contribution >= 0.6 is 15.9 Å². The average Bonchev–Trinajstić information content (AvgIpc) is 2.62. The van der Waals surface area contributed by atoms with E-state index in [1.807, 2.05) is 42.5 Å². The Morgan fingerprint density at radius 2 is 1.88 bits per heavy atom. The predicted molar refractivity (Wildman–Crippen MR) is 98.1 cm³/mol. The first-order valence-corrected chi connectivity index (χ1v) is 8.91. The van der Waals surface area contributed by atoms with Gasteiger partial charge in [-0.15, -0.1) is 0 Å². The van der Waals surface area contributed by atoms with Gasteiger partial charge in [-0.2, -0.15) is 0 Å². The molecule has 0 aliphatic carbocycles. The van der Waals surface area contributed by atoms with Crippen molar-refractivity contribution in [1.82, 2.24) is 10.2 Å². The molecule has 0 saturated carbocycles. The lowest BCUT2D eigenvalue weighted by Crippen LogP contribution is -2.54. The lowest BCUT2D eigenvalue weighted by Gasteiger charge is -2.36. The van der Waals surface area contributed by atoms with Crippen molar-refractivity contribution in [2.24, 2.45) is 0 Å². The van der Waals surface area contributed by atoms with Crippen LogP contribution in [0.2, 0.25) is 0 Å². The zero-order chi connectivity index (χ0) is 17.8. The van der Waals surface area contributed by atoms with E-state index in [-0.39, 0.29) is 11.8 Å². The summed E-state index contributed by atoms with van der Waals surface area (Å²) in [6.07, 6.45) is -0.675. The third-order valence-corrected chi connectivity index (χ3v) is 4.61. The Morgan fingerprint density at radius 1 is 1.20 bits per heavy atom. The highest BCUT2D eigenvalue weighted by atomic mass is 79.9. The molecule has 130 valence electrons. The maximum Gasteiger partial charge on any atom is 0.264 e. The van der Waals surface area contributed by atoms with Crippen molar-refractivity contribution in [3.8, 4) is 5.75 Å². The molecule has 1 fully saturated rings. The number of ether oxygens (including phenoxy) is 1. The van der Waals surface area contributed by atoms with Gasteiger partial charge in [0.2, 0.25) is 5.91 Å². The quantitative estimate of drug-likeness (QED) is 0.854. The van der Waals surface area contributed by atoms with E-state index in [9.17, 15) is 9.59 Å². The molecule has 2 aromatic rings. The molecule has 25 heavy (non-hydrogen) atoms. The summed E-state index contributed by atoms with van der Waals surface area (Å²) in [5.74, 6) is 0.255. The maximum absolute atomic E-state index is 12.9. The molecule has 1 aliphatic heterocycles. The number of carbonyl (C=O) groups excluding carboxylic acids is 2. The minimum atomic E-state index is -0.675. The van der Waals surface area contributed by atoms with Crippen LogP contribution in [0.1, 0.15) is 18.5 Å². The fourth-order valence-electron chi connectivity index (χ4n) is 2.87. The molecule has 0 bridgehead atoms. The molecule has 1 heterocycles. The lowest BCUT2D eigenvalue weighted by atomic mass is 10.0. The van der Waals surface area contributed by atoms with Crippen molar-refractivity contribution < 1.29 is 14.3 Å². The first-order chi connectivity index (χ1) is 12.1. The molecule has 0 radical (unpaired) electrons. The van der Waals surface area contributed by atoms with Gasteiger partial charge in [-0.25, -0.2) is 0 Å². The number of amides is 2. The van der Waals surface area contributed by atoms with E-state index >= 15 is 0 Å². The first-order valence-electron chi connectivity index (χ1n) is 8.11. The number of rotatable bonds is 4. The zero-order valence-corrected chi connectivity index (χ0v) is 15.4. The van der Waals surface area contributed by atoms with E-state index in [1.165, 1.54) is 0 Å². The summed E-state index contributed by atoms with van der Waals surface area (Å²) in [6, 6.07) is 16.0. The molecule has 2 aromatic carbocycles. The molecule has 1 saturated heterocycles. The minimum absolute atomic E-state index is 0.172. The van der Waals surface area contributed by atoms with Crippen molar-refractivity contribution in [3.05, 3.63) is 64.6 Å². The van der Waals surface area contributed by atoms with Gasteiger partial charge in [-0.1, -0.05) is 46.3 Å². The zero-order valence-electron chi connectivity index (χ0n) is 13.8. The van der Waals surface area contributed by atoms with Crippen LogP contribution < -0.4 is 10.1 Å². The molecule has 0 spiro atoms. The van der Waals surface area contributed by atoms with Crippen molar-refractivity contribution >= 4 is 27.7 Å². The highest BCUT2D eigenvalue weighted by molar-refractivity contribution is 9.10. The molecule has 0 aromatic heterocycles. The van der Waals surface area contributed by atoms with Gasteiger partial charge < -0.3 is 15.0 Å². The van der Waals surface area contributed by atoms with E-state index in [2.05, 4.69) is 21.2 Å². The number of hydrogen-bond donors (Lipinski definition) is 1. The second kappa shape index (κ2) is 7.70. The van der Waals surface area contributed by atoms with Crippen LogP contribution in [-0.2, 0) is 9.59 Å². The van der Waals surface area contributed by atoms with Crippen molar-refractivity contribution in [1.29, 1.82) is 0 Å². The van der Waals surface area contributed by atoms with Crippen molar-refractivity contribution in [2.45, 2.75) is 19.1 Å². The van der Waals surface area contributed by atoms with Gasteiger partial charge in [0.1, 0.15) is 11.8 Å². The van der Waals surface area contributed by atoms with Crippen LogP contribution in [0.25, 0.3) is 0 Å². The summed E-state index contributed by atoms with van der Waals surface area (Å²) < 4.78 is 6.66. The normalized spacial score (nSPS) is 18.4. The van der Waals surface area contributed by atoms with Crippen LogP contribution in [0.15, 0.2) is 59.1 Å². The lowest BCUT2D eigenvalue weighted by molar-refractivity contribution is -0.148. The molecule has 2 amide bonds. The molecule has 6 heteroatoms. The summed E-state index contributed by atoms with van der Waals surface area (Å²) in [5, 5.41) is 2.83. The van der Waals surface area contributed by atoms with Gasteiger partial charge in [0.25, 0.3) is 5.91 Å². The number of nitrogens with zero attached hydrogens (tertiary/aromatic N) is 1. The van der Waals surface area contributed by atoms with Crippen molar-refractivity contribution in [3.63, 3.8) is 0 Å². The van der Waals surface area contributed by atoms with E-state index in [1.54, 1.807) is 24.0 Å². The number of halogens is 1. The molecule has 1 N–H and O–H groups in total. The van der Waals surface area contributed by atoms with Gasteiger partial charge in [-0.05, 0) is 36.8 Å². The van der Waals surface area contributed by atoms with Gasteiger partial charge >= 0.3 is 0 Å². The summed E-state index contributed by atoms with van der Waals surface area (Å²) in [5.41, 5.74) is 0.778. The summed E-state index contributed by atoms with van der Waals surface area (Å²) in [4.78, 5) is 26.9. The van der Waals surface area contributed by atoms with Crippen LogP contribution in [0.4, 0.5) is 0 Å². The summed E-state index contributed by atoms with van der Waals surface area (Å²) >= 11 is 3.39. The molecule has 1 aliphatic rings. The molecular weight excluding hydrogens is 384 g/mol. The average molecular weight is 403 g/mol. The Balaban J connectivity index is 1.80. The second-order valence-electron chi connectivity index (χ2n) is 5.85. The monoisotopic (exact) mass is 402 g/mol. The number of hydrogen-bond acceptors (Lipinski definition) is 3. The molecule has 3 rings (SSSR count). The third-order valence-electron chi connectivity index (χ3n) is 4.08. The minimum Gasteiger partial charge on any atom is -0.481 e. The Labute approximate surface area is 155 Å². The van der Waals surface area contributed by atoms with Crippen LogP contribution in [-0.4, -0.2) is 35.9 Å². The van der Waals surface area contributed by atoms with E-state index in [0.29, 0.717) is 18.8 Å². The topological polar surface area (TPSA) is 58.6 Å². The highest BCUT2D eigenvalue weighted by Gasteiger charge is 2.36. The largest absolute Gasteiger partial charge is 0.481 e. The Kier molecular flexibility index (Phi) is 5.38. The summed E-state index contributed by atoms with van der Waals surface area (Å²) in [6.45, 7) is 2.60. The predicted octanol–water partition coefficient (Wildman–Crippen LogP) is 2.92. The van der Waals surface area contributed by atoms with Gasteiger partial charge in [0.15, 0.2) is 6.10 Å². The van der Waals surface area contributed by atoms with E-state index in [4.69, 9.17) is 4.74 Å². The Hall–Kier alpha value is -2.34. The van der Waals surface area contributed by atoms with Gasteiger partial charge in [0, 0.05) is 17.6 Å². The SMILES string of the molecule is C[C@@H](Oc1ccccc1)C(=O)N1CCNC(=O)[C@@H]1c1ccc(Br)cc1. The Morgan fingerprint density at radius 3 is 2.56 bits per heavy atom. The number of piperazine rings is 1. The van der Waals surface area contributed by atoms with Gasteiger partial charge in [0.05, 0.1) is 0 Å². The molecule has 5 nitrogen and oxygen atoms in total. The van der Waals surface area contributed by atoms with E-state index in [0.717, 1.165) is 10.0 Å². The molecule has 2 atom stereocenters. The third kappa shape index (κ3) is 4.02. The van der Waals surface area contributed by atoms with Crippen LogP contribution in [0.3, 0.4) is 0 Å². The number of para-hydroxylation sites is 1. The second-order valence-corrected chi connectivity index (χ2v) is 6.77. The molecule has 0 unspecified atom stereocenters. The van der Waals surface area contributed by atoms with E-state index < -0.39 is 12.1 Å². The van der Waals surface area contributed by atoms with Gasteiger partial charge in [-0.3, -0.25) is 9.59 Å². The fraction of sp³-hybridized carbons (Fsp3) is 0.263. The number of benzene rings is 2.